The first-order chi connectivity index (χ1) is 8.60. The number of nitrogens with two attached hydrogens (primary N) is 1. The molecule has 3 N–H and O–H groups in total. The van der Waals surface area contributed by atoms with Crippen LogP contribution in [0.2, 0.25) is 0 Å². The van der Waals surface area contributed by atoms with E-state index in [4.69, 9.17) is 5.73 Å². The van der Waals surface area contributed by atoms with Gasteiger partial charge < -0.3 is 11.0 Å². The molecule has 0 aromatic heterocycles. The van der Waals surface area contributed by atoms with Crippen LogP contribution >= 0.6 is 0 Å². The zero-order valence-corrected chi connectivity index (χ0v) is 12.5. The molecule has 2 rings (SSSR count). The van der Waals surface area contributed by atoms with Crippen molar-refractivity contribution in [2.45, 2.75) is 70.9 Å². The highest BCUT2D eigenvalue weighted by Crippen LogP contribution is 2.38. The molecule has 2 fully saturated rings. The fourth-order valence-electron chi connectivity index (χ4n) is 4.37. The second kappa shape index (κ2) is 6.43. The molecule has 2 aliphatic carbocycles. The molecule has 2 saturated carbocycles. The van der Waals surface area contributed by atoms with Gasteiger partial charge in [0.05, 0.1) is 0 Å². The van der Waals surface area contributed by atoms with Crippen LogP contribution in [0.15, 0.2) is 0 Å². The highest BCUT2D eigenvalue weighted by molar-refractivity contribution is 6.04. The first-order valence-electron chi connectivity index (χ1n) is 8.03. The second-order valence-corrected chi connectivity index (χ2v) is 7.11. The molecule has 2 aliphatic rings. The van der Waals surface area contributed by atoms with Gasteiger partial charge in [0, 0.05) is 6.04 Å². The summed E-state index contributed by atoms with van der Waals surface area (Å²) in [6.07, 6.45) is 9.73. The molecular formula is C15H31BN2. The molecule has 0 radical (unpaired) electrons. The van der Waals surface area contributed by atoms with E-state index in [1.807, 2.05) is 0 Å². The lowest BCUT2D eigenvalue weighted by molar-refractivity contribution is 0.165. The summed E-state index contributed by atoms with van der Waals surface area (Å²) in [6.45, 7) is 4.77. The molecule has 0 bridgehead atoms. The molecule has 0 aromatic carbocycles. The van der Waals surface area contributed by atoms with Crippen LogP contribution in [0, 0.1) is 23.7 Å². The van der Waals surface area contributed by atoms with Gasteiger partial charge in [-0.2, -0.15) is 0 Å². The summed E-state index contributed by atoms with van der Waals surface area (Å²) < 4.78 is 0. The van der Waals surface area contributed by atoms with Crippen molar-refractivity contribution < 1.29 is 0 Å². The summed E-state index contributed by atoms with van der Waals surface area (Å²) in [6, 6.07) is 1.24. The standard InChI is InChI=1S/C15H31BN2/c1-10-7-12(3-5-14(10)17)9-13-4-6-15(18-16)11(2)8-13/h10-15,18H,3-9,16-17H2,1-2H3. The quantitative estimate of drug-likeness (QED) is 0.753. The molecule has 18 heavy (non-hydrogen) atoms. The molecule has 0 aromatic rings. The van der Waals surface area contributed by atoms with E-state index in [0.717, 1.165) is 29.7 Å². The third-order valence-corrected chi connectivity index (χ3v) is 5.66. The molecule has 0 aliphatic heterocycles. The first kappa shape index (κ1) is 14.4. The van der Waals surface area contributed by atoms with E-state index in [1.54, 1.807) is 0 Å². The fraction of sp³-hybridized carbons (Fsp3) is 1.00. The van der Waals surface area contributed by atoms with E-state index in [0.29, 0.717) is 6.04 Å². The van der Waals surface area contributed by atoms with Gasteiger partial charge in [-0.3, -0.25) is 0 Å². The van der Waals surface area contributed by atoms with Crippen LogP contribution in [0.4, 0.5) is 0 Å². The van der Waals surface area contributed by atoms with E-state index in [-0.39, 0.29) is 0 Å². The Morgan fingerprint density at radius 2 is 1.61 bits per heavy atom. The normalized spacial score (nSPS) is 45.9. The zero-order chi connectivity index (χ0) is 13.1. The summed E-state index contributed by atoms with van der Waals surface area (Å²) in [5, 5.41) is 3.47. The Kier molecular flexibility index (Phi) is 5.14. The summed E-state index contributed by atoms with van der Waals surface area (Å²) in [5.41, 5.74) is 6.12. The van der Waals surface area contributed by atoms with Crippen LogP contribution in [0.5, 0.6) is 0 Å². The van der Waals surface area contributed by atoms with Crippen molar-refractivity contribution >= 4 is 7.98 Å². The van der Waals surface area contributed by atoms with Crippen LogP contribution in [-0.4, -0.2) is 20.1 Å². The molecule has 3 heteroatoms. The van der Waals surface area contributed by atoms with Crippen molar-refractivity contribution in [3.63, 3.8) is 0 Å². The van der Waals surface area contributed by atoms with Gasteiger partial charge in [0.15, 0.2) is 7.98 Å². The van der Waals surface area contributed by atoms with Crippen molar-refractivity contribution in [1.82, 2.24) is 5.23 Å². The smallest absolute Gasteiger partial charge is 0.182 e. The average molecular weight is 250 g/mol. The Morgan fingerprint density at radius 1 is 1.00 bits per heavy atom. The Labute approximate surface area is 114 Å². The van der Waals surface area contributed by atoms with Gasteiger partial charge in [-0.25, -0.2) is 0 Å². The lowest BCUT2D eigenvalue weighted by Gasteiger charge is -2.38. The lowest BCUT2D eigenvalue weighted by atomic mass is 9.70. The first-order valence-corrected chi connectivity index (χ1v) is 8.03. The van der Waals surface area contributed by atoms with Gasteiger partial charge in [-0.1, -0.05) is 13.8 Å². The van der Waals surface area contributed by atoms with Crippen LogP contribution in [-0.2, 0) is 0 Å². The number of hydrogen-bond acceptors (Lipinski definition) is 2. The monoisotopic (exact) mass is 250 g/mol. The lowest BCUT2D eigenvalue weighted by Crippen LogP contribution is -2.39. The largest absolute Gasteiger partial charge is 0.359 e. The van der Waals surface area contributed by atoms with E-state index >= 15 is 0 Å². The molecule has 0 amide bonds. The predicted molar refractivity (Wildman–Crippen MR) is 81.1 cm³/mol. The molecule has 6 unspecified atom stereocenters. The topological polar surface area (TPSA) is 38.0 Å². The molecule has 0 heterocycles. The van der Waals surface area contributed by atoms with Gasteiger partial charge in [0.1, 0.15) is 0 Å². The number of rotatable bonds is 3. The maximum atomic E-state index is 6.12. The summed E-state index contributed by atoms with van der Waals surface area (Å²) >= 11 is 0. The molecule has 2 nitrogen and oxygen atoms in total. The van der Waals surface area contributed by atoms with Crippen molar-refractivity contribution in [3.05, 3.63) is 0 Å². The van der Waals surface area contributed by atoms with Crippen LogP contribution in [0.25, 0.3) is 0 Å². The minimum Gasteiger partial charge on any atom is -0.359 e. The third kappa shape index (κ3) is 3.51. The SMILES string of the molecule is BNC1CCC(CC2CCC(N)C(C)C2)CC1C. The Hall–Kier alpha value is -0.0151. The van der Waals surface area contributed by atoms with Gasteiger partial charge >= 0.3 is 0 Å². The molecule has 0 saturated heterocycles. The zero-order valence-electron chi connectivity index (χ0n) is 12.5. The fourth-order valence-corrected chi connectivity index (χ4v) is 4.37. The molecule has 6 atom stereocenters. The minimum atomic E-state index is 0.472. The van der Waals surface area contributed by atoms with Crippen molar-refractivity contribution in [3.8, 4) is 0 Å². The van der Waals surface area contributed by atoms with E-state index in [1.165, 1.54) is 44.9 Å². The molecule has 104 valence electrons. The van der Waals surface area contributed by atoms with Crippen LogP contribution in [0.1, 0.15) is 58.8 Å². The maximum absolute atomic E-state index is 6.12. The van der Waals surface area contributed by atoms with E-state index < -0.39 is 0 Å². The molecule has 0 spiro atoms. The van der Waals surface area contributed by atoms with Gasteiger partial charge in [-0.05, 0) is 74.7 Å². The van der Waals surface area contributed by atoms with Crippen molar-refractivity contribution in [1.29, 1.82) is 0 Å². The predicted octanol–water partition coefficient (Wildman–Crippen LogP) is 2.08. The highest BCUT2D eigenvalue weighted by Gasteiger charge is 2.30. The molecular weight excluding hydrogens is 219 g/mol. The third-order valence-electron chi connectivity index (χ3n) is 5.66. The van der Waals surface area contributed by atoms with Crippen molar-refractivity contribution in [2.24, 2.45) is 29.4 Å². The van der Waals surface area contributed by atoms with E-state index in [9.17, 15) is 0 Å². The van der Waals surface area contributed by atoms with Gasteiger partial charge in [0.25, 0.3) is 0 Å². The average Bonchev–Trinajstić information content (AvgIpc) is 2.34. The minimum absolute atomic E-state index is 0.472. The summed E-state index contributed by atoms with van der Waals surface area (Å²) in [7, 11) is 2.12. The van der Waals surface area contributed by atoms with Gasteiger partial charge in [0.2, 0.25) is 0 Å². The highest BCUT2D eigenvalue weighted by atomic mass is 14.8. The van der Waals surface area contributed by atoms with Gasteiger partial charge in [-0.15, -0.1) is 0 Å². The van der Waals surface area contributed by atoms with Crippen LogP contribution < -0.4 is 11.0 Å². The maximum Gasteiger partial charge on any atom is 0.182 e. The Balaban J connectivity index is 1.77. The number of nitrogens with one attached hydrogen (secondary N) is 1. The van der Waals surface area contributed by atoms with Crippen molar-refractivity contribution in [2.75, 3.05) is 0 Å². The number of hydrogen-bond donors (Lipinski definition) is 2. The van der Waals surface area contributed by atoms with Crippen LogP contribution in [0.3, 0.4) is 0 Å². The Morgan fingerprint density at radius 3 is 2.17 bits per heavy atom. The Bertz CT molecular complexity index is 259. The summed E-state index contributed by atoms with van der Waals surface area (Å²) in [4.78, 5) is 0. The second-order valence-electron chi connectivity index (χ2n) is 7.11. The van der Waals surface area contributed by atoms with E-state index in [2.05, 4.69) is 27.1 Å². The summed E-state index contributed by atoms with van der Waals surface area (Å²) in [5.74, 6) is 3.55.